The first-order valence-corrected chi connectivity index (χ1v) is 3.22. The molecule has 0 radical (unpaired) electrons. The van der Waals surface area contributed by atoms with Crippen molar-refractivity contribution in [2.75, 3.05) is 6.61 Å². The zero-order valence-corrected chi connectivity index (χ0v) is 5.87. The van der Waals surface area contributed by atoms with Crippen LogP contribution in [0.5, 0.6) is 0 Å². The summed E-state index contributed by atoms with van der Waals surface area (Å²) in [6, 6.07) is 1.85. The number of halogens is 1. The van der Waals surface area contributed by atoms with Crippen LogP contribution in [-0.4, -0.2) is 16.7 Å². The molecule has 1 atom stereocenters. The van der Waals surface area contributed by atoms with E-state index in [1.165, 1.54) is 18.3 Å². The van der Waals surface area contributed by atoms with Crippen molar-refractivity contribution in [2.24, 2.45) is 5.73 Å². The molecule has 1 aromatic heterocycles. The van der Waals surface area contributed by atoms with Gasteiger partial charge < -0.3 is 10.8 Å². The molecule has 60 valence electrons. The van der Waals surface area contributed by atoms with Crippen molar-refractivity contribution < 1.29 is 9.50 Å². The van der Waals surface area contributed by atoms with Crippen LogP contribution in [0.4, 0.5) is 4.39 Å². The summed E-state index contributed by atoms with van der Waals surface area (Å²) in [5.41, 5.74) is 5.75. The van der Waals surface area contributed by atoms with Gasteiger partial charge in [-0.25, -0.2) is 4.39 Å². The van der Waals surface area contributed by atoms with Crippen LogP contribution in [0.3, 0.4) is 0 Å². The fourth-order valence-electron chi connectivity index (χ4n) is 0.717. The minimum absolute atomic E-state index is 0.226. The highest BCUT2D eigenvalue weighted by Crippen LogP contribution is 2.06. The molecule has 0 fully saturated rings. The van der Waals surface area contributed by atoms with Gasteiger partial charge in [-0.2, -0.15) is 0 Å². The molecule has 0 aliphatic rings. The fraction of sp³-hybridized carbons (Fsp3) is 0.286. The minimum Gasteiger partial charge on any atom is -0.394 e. The topological polar surface area (TPSA) is 59.1 Å². The van der Waals surface area contributed by atoms with E-state index in [-0.39, 0.29) is 12.4 Å². The summed E-state index contributed by atoms with van der Waals surface area (Å²) in [5, 5.41) is 8.59. The first kappa shape index (κ1) is 8.10. The van der Waals surface area contributed by atoms with Crippen LogP contribution < -0.4 is 5.73 Å². The van der Waals surface area contributed by atoms with Crippen molar-refractivity contribution in [3.63, 3.8) is 0 Å². The Kier molecular flexibility index (Phi) is 2.51. The molecular weight excluding hydrogens is 147 g/mol. The quantitative estimate of drug-likeness (QED) is 0.643. The minimum atomic E-state index is -0.592. The van der Waals surface area contributed by atoms with Gasteiger partial charge >= 0.3 is 0 Å². The van der Waals surface area contributed by atoms with Crippen molar-refractivity contribution in [1.29, 1.82) is 0 Å². The summed E-state index contributed by atoms with van der Waals surface area (Å²) in [6.45, 7) is -0.226. The molecule has 1 rings (SSSR count). The van der Waals surface area contributed by atoms with Crippen molar-refractivity contribution in [3.8, 4) is 0 Å². The van der Waals surface area contributed by atoms with Gasteiger partial charge in [0.05, 0.1) is 18.3 Å². The summed E-state index contributed by atoms with van der Waals surface area (Å²) in [6.07, 6.45) is 1.32. The third-order valence-corrected chi connectivity index (χ3v) is 1.32. The standard InChI is InChI=1S/C7H9FN2O/c8-5-1-2-10-7(3-5)6(9)4-11/h1-3,6,11H,4,9H2. The second-order valence-electron chi connectivity index (χ2n) is 2.19. The molecule has 0 saturated carbocycles. The normalized spacial score (nSPS) is 13.0. The van der Waals surface area contributed by atoms with Gasteiger partial charge in [0.15, 0.2) is 0 Å². The van der Waals surface area contributed by atoms with Gasteiger partial charge in [-0.05, 0) is 12.1 Å². The molecule has 1 heterocycles. The van der Waals surface area contributed by atoms with Crippen molar-refractivity contribution in [1.82, 2.24) is 4.98 Å². The number of aromatic nitrogens is 1. The molecule has 0 aliphatic carbocycles. The number of pyridine rings is 1. The van der Waals surface area contributed by atoms with Gasteiger partial charge in [0.1, 0.15) is 5.82 Å². The van der Waals surface area contributed by atoms with Crippen molar-refractivity contribution >= 4 is 0 Å². The van der Waals surface area contributed by atoms with Gasteiger partial charge in [-0.1, -0.05) is 0 Å². The lowest BCUT2D eigenvalue weighted by atomic mass is 10.2. The van der Waals surface area contributed by atoms with Gasteiger partial charge in [0, 0.05) is 6.20 Å². The largest absolute Gasteiger partial charge is 0.394 e. The van der Waals surface area contributed by atoms with Crippen molar-refractivity contribution in [2.45, 2.75) is 6.04 Å². The van der Waals surface area contributed by atoms with Crippen LogP contribution in [0, 0.1) is 5.82 Å². The molecule has 0 aliphatic heterocycles. The van der Waals surface area contributed by atoms with E-state index in [4.69, 9.17) is 10.8 Å². The molecule has 0 amide bonds. The third-order valence-electron chi connectivity index (χ3n) is 1.32. The Hall–Kier alpha value is -1.00. The molecule has 1 aromatic rings. The zero-order valence-electron chi connectivity index (χ0n) is 5.87. The van der Waals surface area contributed by atoms with E-state index in [2.05, 4.69) is 4.98 Å². The second kappa shape index (κ2) is 3.41. The molecule has 0 bridgehead atoms. The zero-order chi connectivity index (χ0) is 8.27. The lowest BCUT2D eigenvalue weighted by Gasteiger charge is -2.05. The molecule has 3 nitrogen and oxygen atoms in total. The molecular formula is C7H9FN2O. The van der Waals surface area contributed by atoms with Gasteiger partial charge in [-0.15, -0.1) is 0 Å². The molecule has 4 heteroatoms. The number of hydrogen-bond donors (Lipinski definition) is 2. The van der Waals surface area contributed by atoms with E-state index in [1.54, 1.807) is 0 Å². The number of hydrogen-bond acceptors (Lipinski definition) is 3. The smallest absolute Gasteiger partial charge is 0.126 e. The highest BCUT2D eigenvalue weighted by Gasteiger charge is 2.05. The Labute approximate surface area is 63.7 Å². The van der Waals surface area contributed by atoms with E-state index in [9.17, 15) is 4.39 Å². The van der Waals surface area contributed by atoms with Gasteiger partial charge in [0.25, 0.3) is 0 Å². The Morgan fingerprint density at radius 3 is 3.00 bits per heavy atom. The predicted molar refractivity (Wildman–Crippen MR) is 38.2 cm³/mol. The highest BCUT2D eigenvalue weighted by molar-refractivity contribution is 5.09. The molecule has 0 aromatic carbocycles. The number of nitrogens with zero attached hydrogens (tertiary/aromatic N) is 1. The first-order chi connectivity index (χ1) is 5.24. The Balaban J connectivity index is 2.86. The fourth-order valence-corrected chi connectivity index (χ4v) is 0.717. The van der Waals surface area contributed by atoms with Crippen LogP contribution in [0.15, 0.2) is 18.3 Å². The average Bonchev–Trinajstić information content (AvgIpc) is 2.03. The van der Waals surface area contributed by atoms with E-state index in [0.29, 0.717) is 5.69 Å². The molecule has 0 spiro atoms. The molecule has 3 N–H and O–H groups in total. The summed E-state index contributed by atoms with van der Waals surface area (Å²) in [7, 11) is 0. The third kappa shape index (κ3) is 1.96. The monoisotopic (exact) mass is 156 g/mol. The van der Waals surface area contributed by atoms with Crippen LogP contribution in [-0.2, 0) is 0 Å². The van der Waals surface area contributed by atoms with Gasteiger partial charge in [-0.3, -0.25) is 4.98 Å². The highest BCUT2D eigenvalue weighted by atomic mass is 19.1. The molecule has 11 heavy (non-hydrogen) atoms. The lowest BCUT2D eigenvalue weighted by Crippen LogP contribution is -2.15. The average molecular weight is 156 g/mol. The maximum atomic E-state index is 12.5. The van der Waals surface area contributed by atoms with Crippen LogP contribution in [0.25, 0.3) is 0 Å². The Bertz CT molecular complexity index is 242. The number of aliphatic hydroxyl groups is 1. The lowest BCUT2D eigenvalue weighted by molar-refractivity contribution is 0.265. The molecule has 0 saturated heterocycles. The van der Waals surface area contributed by atoms with E-state index in [1.807, 2.05) is 0 Å². The summed E-state index contributed by atoms with van der Waals surface area (Å²) in [5.74, 6) is -0.390. The molecule has 1 unspecified atom stereocenters. The maximum Gasteiger partial charge on any atom is 0.126 e. The maximum absolute atomic E-state index is 12.5. The Morgan fingerprint density at radius 2 is 2.45 bits per heavy atom. The van der Waals surface area contributed by atoms with Crippen molar-refractivity contribution in [3.05, 3.63) is 29.8 Å². The Morgan fingerprint density at radius 1 is 1.73 bits per heavy atom. The van der Waals surface area contributed by atoms with E-state index >= 15 is 0 Å². The number of rotatable bonds is 2. The first-order valence-electron chi connectivity index (χ1n) is 3.22. The van der Waals surface area contributed by atoms with Gasteiger partial charge in [0.2, 0.25) is 0 Å². The van der Waals surface area contributed by atoms with Crippen LogP contribution in [0.1, 0.15) is 11.7 Å². The summed E-state index contributed by atoms with van der Waals surface area (Å²) in [4.78, 5) is 3.79. The second-order valence-corrected chi connectivity index (χ2v) is 2.19. The SMILES string of the molecule is NC(CO)c1cc(F)ccn1. The van der Waals surface area contributed by atoms with Crippen LogP contribution in [0.2, 0.25) is 0 Å². The van der Waals surface area contributed by atoms with Crippen LogP contribution >= 0.6 is 0 Å². The summed E-state index contributed by atoms with van der Waals surface area (Å²) < 4.78 is 12.5. The van der Waals surface area contributed by atoms with E-state index < -0.39 is 6.04 Å². The predicted octanol–water partition coefficient (Wildman–Crippen LogP) is 0.213. The number of nitrogens with two attached hydrogens (primary N) is 1. The summed E-state index contributed by atoms with van der Waals surface area (Å²) >= 11 is 0. The van der Waals surface area contributed by atoms with E-state index in [0.717, 1.165) is 0 Å². The number of aliphatic hydroxyl groups excluding tert-OH is 1.